The molecule has 0 aromatic heterocycles. The summed E-state index contributed by atoms with van der Waals surface area (Å²) in [5.74, 6) is -0.918. The summed E-state index contributed by atoms with van der Waals surface area (Å²) in [4.78, 5) is 24.1. The number of nitrogens with one attached hydrogen (secondary N) is 1. The van der Waals surface area contributed by atoms with Crippen LogP contribution in [0.1, 0.15) is 42.1 Å². The van der Waals surface area contributed by atoms with Crippen molar-refractivity contribution in [3.63, 3.8) is 0 Å². The molecule has 9 heteroatoms. The van der Waals surface area contributed by atoms with Gasteiger partial charge in [-0.1, -0.05) is 26.0 Å². The van der Waals surface area contributed by atoms with Gasteiger partial charge in [-0.2, -0.15) is 0 Å². The van der Waals surface area contributed by atoms with Crippen molar-refractivity contribution < 1.29 is 27.5 Å². The lowest BCUT2D eigenvalue weighted by Crippen LogP contribution is -2.21. The standard InChI is InChI=1S/C20H24N2O6S/c1-4-13(2)14-5-7-15(8-6-14)22-19(23)12-28-20(24)17-11-16(29(21,25)26)9-10-18(17)27-3/h5-11,13H,4,12H2,1-3H3,(H,22,23)(H2,21,25,26)/t13-/m0/s1. The second-order valence-electron chi connectivity index (χ2n) is 6.46. The van der Waals surface area contributed by atoms with Gasteiger partial charge >= 0.3 is 5.97 Å². The van der Waals surface area contributed by atoms with E-state index in [4.69, 9.17) is 14.6 Å². The molecular formula is C20H24N2O6S. The third-order valence-corrected chi connectivity index (χ3v) is 5.34. The number of benzene rings is 2. The van der Waals surface area contributed by atoms with Gasteiger partial charge in [0.2, 0.25) is 10.0 Å². The number of amides is 1. The van der Waals surface area contributed by atoms with E-state index < -0.39 is 28.5 Å². The fraction of sp³-hybridized carbons (Fsp3) is 0.300. The highest BCUT2D eigenvalue weighted by Crippen LogP contribution is 2.23. The molecule has 0 aliphatic carbocycles. The lowest BCUT2D eigenvalue weighted by atomic mass is 9.99. The molecule has 156 valence electrons. The van der Waals surface area contributed by atoms with Crippen molar-refractivity contribution >= 4 is 27.6 Å². The number of ether oxygens (including phenoxy) is 2. The minimum atomic E-state index is -4.01. The molecule has 0 unspecified atom stereocenters. The van der Waals surface area contributed by atoms with Crippen molar-refractivity contribution in [2.75, 3.05) is 19.0 Å². The topological polar surface area (TPSA) is 125 Å². The second-order valence-corrected chi connectivity index (χ2v) is 8.02. The Kier molecular flexibility index (Phi) is 7.35. The summed E-state index contributed by atoms with van der Waals surface area (Å²) in [6.45, 7) is 3.67. The zero-order valence-electron chi connectivity index (χ0n) is 16.5. The maximum absolute atomic E-state index is 12.3. The molecule has 3 N–H and O–H groups in total. The van der Waals surface area contributed by atoms with Gasteiger partial charge in [0.1, 0.15) is 11.3 Å². The molecule has 8 nitrogen and oxygen atoms in total. The highest BCUT2D eigenvalue weighted by molar-refractivity contribution is 7.89. The number of carbonyl (C=O) groups is 2. The van der Waals surface area contributed by atoms with Crippen LogP contribution < -0.4 is 15.2 Å². The molecule has 1 atom stereocenters. The molecule has 0 saturated heterocycles. The van der Waals surface area contributed by atoms with Crippen LogP contribution in [-0.2, 0) is 19.6 Å². The predicted molar refractivity (Wildman–Crippen MR) is 108 cm³/mol. The first-order valence-electron chi connectivity index (χ1n) is 8.93. The number of anilines is 1. The summed E-state index contributed by atoms with van der Waals surface area (Å²) in [6.07, 6.45) is 1.01. The Hall–Kier alpha value is -2.91. The third kappa shape index (κ3) is 6.03. The molecule has 0 fully saturated rings. The van der Waals surface area contributed by atoms with Gasteiger partial charge in [0.25, 0.3) is 5.91 Å². The monoisotopic (exact) mass is 420 g/mol. The molecule has 2 aromatic rings. The number of methoxy groups -OCH3 is 1. The maximum Gasteiger partial charge on any atom is 0.342 e. The zero-order chi connectivity index (χ0) is 21.6. The van der Waals surface area contributed by atoms with Crippen molar-refractivity contribution in [2.45, 2.75) is 31.1 Å². The highest BCUT2D eigenvalue weighted by atomic mass is 32.2. The lowest BCUT2D eigenvalue weighted by molar-refractivity contribution is -0.119. The zero-order valence-corrected chi connectivity index (χ0v) is 17.3. The summed E-state index contributed by atoms with van der Waals surface area (Å²) in [5.41, 5.74) is 1.59. The van der Waals surface area contributed by atoms with E-state index >= 15 is 0 Å². The Labute approximate surface area is 170 Å². The molecule has 1 amide bonds. The largest absolute Gasteiger partial charge is 0.496 e. The summed E-state index contributed by atoms with van der Waals surface area (Å²) < 4.78 is 33.0. The van der Waals surface area contributed by atoms with Crippen molar-refractivity contribution in [1.29, 1.82) is 0 Å². The maximum atomic E-state index is 12.3. The first-order valence-corrected chi connectivity index (χ1v) is 10.5. The van der Waals surface area contributed by atoms with Crippen LogP contribution in [0.15, 0.2) is 47.4 Å². The molecule has 2 rings (SSSR count). The van der Waals surface area contributed by atoms with E-state index in [1.54, 1.807) is 12.1 Å². The first kappa shape index (κ1) is 22.4. The van der Waals surface area contributed by atoms with Gasteiger partial charge in [-0.05, 0) is 48.2 Å². The lowest BCUT2D eigenvalue weighted by Gasteiger charge is -2.12. The van der Waals surface area contributed by atoms with Gasteiger partial charge in [-0.15, -0.1) is 0 Å². The van der Waals surface area contributed by atoms with E-state index in [2.05, 4.69) is 19.2 Å². The number of rotatable bonds is 8. The minimum Gasteiger partial charge on any atom is -0.496 e. The van der Waals surface area contributed by atoms with Crippen molar-refractivity contribution in [3.05, 3.63) is 53.6 Å². The molecular weight excluding hydrogens is 396 g/mol. The number of hydrogen-bond donors (Lipinski definition) is 2. The van der Waals surface area contributed by atoms with E-state index in [1.165, 1.54) is 24.8 Å². The van der Waals surface area contributed by atoms with Crippen LogP contribution in [0, 0.1) is 0 Å². The number of nitrogens with two attached hydrogens (primary N) is 1. The van der Waals surface area contributed by atoms with Gasteiger partial charge in [0.15, 0.2) is 6.61 Å². The molecule has 0 heterocycles. The van der Waals surface area contributed by atoms with Crippen LogP contribution >= 0.6 is 0 Å². The van der Waals surface area contributed by atoms with Crippen molar-refractivity contribution in [1.82, 2.24) is 0 Å². The molecule has 29 heavy (non-hydrogen) atoms. The molecule has 0 spiro atoms. The minimum absolute atomic E-state index is 0.100. The summed E-state index contributed by atoms with van der Waals surface area (Å²) >= 11 is 0. The van der Waals surface area contributed by atoms with Crippen LogP contribution in [0.2, 0.25) is 0 Å². The Balaban J connectivity index is 2.02. The van der Waals surface area contributed by atoms with E-state index in [0.717, 1.165) is 12.5 Å². The van der Waals surface area contributed by atoms with Gasteiger partial charge in [0.05, 0.1) is 12.0 Å². The quantitative estimate of drug-likeness (QED) is 0.633. The summed E-state index contributed by atoms with van der Waals surface area (Å²) in [6, 6.07) is 11.0. The average Bonchev–Trinajstić information content (AvgIpc) is 2.70. The molecule has 0 saturated carbocycles. The van der Waals surface area contributed by atoms with Crippen molar-refractivity contribution in [3.8, 4) is 5.75 Å². The van der Waals surface area contributed by atoms with Crippen LogP contribution in [0.25, 0.3) is 0 Å². The highest BCUT2D eigenvalue weighted by Gasteiger charge is 2.19. The van der Waals surface area contributed by atoms with Crippen LogP contribution in [0.4, 0.5) is 5.69 Å². The number of sulfonamides is 1. The van der Waals surface area contributed by atoms with Gasteiger partial charge in [-0.3, -0.25) is 4.79 Å². The van der Waals surface area contributed by atoms with E-state index in [0.29, 0.717) is 11.6 Å². The molecule has 0 aliphatic rings. The van der Waals surface area contributed by atoms with Crippen LogP contribution in [-0.4, -0.2) is 34.0 Å². The predicted octanol–water partition coefficient (Wildman–Crippen LogP) is 2.65. The van der Waals surface area contributed by atoms with Crippen LogP contribution in [0.5, 0.6) is 5.75 Å². The number of esters is 1. The average molecular weight is 420 g/mol. The fourth-order valence-corrected chi connectivity index (χ4v) is 3.10. The Morgan fingerprint density at radius 3 is 2.34 bits per heavy atom. The number of hydrogen-bond acceptors (Lipinski definition) is 6. The third-order valence-electron chi connectivity index (χ3n) is 4.43. The Morgan fingerprint density at radius 2 is 1.79 bits per heavy atom. The molecule has 0 aliphatic heterocycles. The SMILES string of the molecule is CC[C@H](C)c1ccc(NC(=O)COC(=O)c2cc(S(N)(=O)=O)ccc2OC)cc1. The Morgan fingerprint density at radius 1 is 1.14 bits per heavy atom. The number of primary sulfonamides is 1. The van der Waals surface area contributed by atoms with Gasteiger partial charge in [-0.25, -0.2) is 18.4 Å². The van der Waals surface area contributed by atoms with E-state index in [1.807, 2.05) is 12.1 Å². The first-order chi connectivity index (χ1) is 13.7. The number of carbonyl (C=O) groups excluding carboxylic acids is 2. The van der Waals surface area contributed by atoms with Gasteiger partial charge in [0, 0.05) is 5.69 Å². The van der Waals surface area contributed by atoms with E-state index in [-0.39, 0.29) is 16.2 Å². The van der Waals surface area contributed by atoms with Crippen LogP contribution in [0.3, 0.4) is 0 Å². The molecule has 0 bridgehead atoms. The second kappa shape index (κ2) is 9.53. The fourth-order valence-electron chi connectivity index (χ4n) is 2.56. The van der Waals surface area contributed by atoms with Gasteiger partial charge < -0.3 is 14.8 Å². The smallest absolute Gasteiger partial charge is 0.342 e. The Bertz CT molecular complexity index is 987. The molecule has 2 aromatic carbocycles. The summed E-state index contributed by atoms with van der Waals surface area (Å²) in [5, 5.41) is 7.71. The van der Waals surface area contributed by atoms with E-state index in [9.17, 15) is 18.0 Å². The molecule has 0 radical (unpaired) electrons. The normalized spacial score (nSPS) is 12.1. The summed E-state index contributed by atoms with van der Waals surface area (Å²) in [7, 11) is -2.69. The van der Waals surface area contributed by atoms with Crippen molar-refractivity contribution in [2.24, 2.45) is 5.14 Å².